The van der Waals surface area contributed by atoms with Gasteiger partial charge in [0, 0.05) is 15.9 Å². The van der Waals surface area contributed by atoms with Crippen molar-refractivity contribution in [3.8, 4) is 0 Å². The summed E-state index contributed by atoms with van der Waals surface area (Å²) < 4.78 is 0. The molecule has 0 aromatic rings. The molecule has 2 heteroatoms. The Balaban J connectivity index is -0.0000000450. The van der Waals surface area contributed by atoms with Crippen LogP contribution in [0.25, 0.3) is 0 Å². The summed E-state index contributed by atoms with van der Waals surface area (Å²) in [5.41, 5.74) is 9.81. The van der Waals surface area contributed by atoms with Crippen LogP contribution in [0.5, 0.6) is 0 Å². The predicted octanol–water partition coefficient (Wildman–Crippen LogP) is -0.604. The third-order valence-corrected chi connectivity index (χ3v) is 0.167. The molecule has 0 unspecified atom stereocenters. The second-order valence-corrected chi connectivity index (χ2v) is 0.577. The molecule has 4 N–H and O–H groups in total. The van der Waals surface area contributed by atoms with E-state index in [4.69, 9.17) is 11.5 Å². The van der Waals surface area contributed by atoms with Crippen molar-refractivity contribution < 1.29 is 2.85 Å². The highest BCUT2D eigenvalue weighted by Crippen LogP contribution is 1.24. The van der Waals surface area contributed by atoms with Gasteiger partial charge in [-0.05, 0) is 0 Å². The SMILES string of the molecule is NCCN.[HH].[HH]. The number of hydrogen-bond donors (Lipinski definition) is 2. The van der Waals surface area contributed by atoms with E-state index in [-0.39, 0.29) is 2.85 Å². The van der Waals surface area contributed by atoms with Crippen molar-refractivity contribution in [1.29, 1.82) is 0 Å². The van der Waals surface area contributed by atoms with Crippen molar-refractivity contribution in [2.45, 2.75) is 0 Å². The van der Waals surface area contributed by atoms with E-state index in [1.165, 1.54) is 0 Å². The molecule has 0 aromatic heterocycles. The van der Waals surface area contributed by atoms with Gasteiger partial charge in [0.1, 0.15) is 0 Å². The Morgan fingerprint density at radius 3 is 1.50 bits per heavy atom. The third-order valence-electron chi connectivity index (χ3n) is 0.167. The van der Waals surface area contributed by atoms with Crippen molar-refractivity contribution >= 4 is 0 Å². The molecule has 0 amide bonds. The maximum atomic E-state index is 4.90. The van der Waals surface area contributed by atoms with Gasteiger partial charge >= 0.3 is 0 Å². The van der Waals surface area contributed by atoms with E-state index in [1.807, 2.05) is 0 Å². The molecule has 0 bridgehead atoms. The van der Waals surface area contributed by atoms with E-state index in [2.05, 4.69) is 0 Å². The lowest BCUT2D eigenvalue weighted by Gasteiger charge is -1.72. The quantitative estimate of drug-likeness (QED) is 0.427. The van der Waals surface area contributed by atoms with Crippen LogP contribution in [-0.2, 0) is 0 Å². The zero-order valence-electron chi connectivity index (χ0n) is 2.57. The fraction of sp³-hybridized carbons (Fsp3) is 1.00. The maximum absolute atomic E-state index is 4.90. The van der Waals surface area contributed by atoms with E-state index >= 15 is 0 Å². The summed E-state index contributed by atoms with van der Waals surface area (Å²) in [7, 11) is 0. The fourth-order valence-corrected chi connectivity index (χ4v) is 0. The summed E-state index contributed by atoms with van der Waals surface area (Å²) in [4.78, 5) is 0. The van der Waals surface area contributed by atoms with Crippen molar-refractivity contribution in [3.63, 3.8) is 0 Å². The zero-order chi connectivity index (χ0) is 3.41. The minimum absolute atomic E-state index is 0. The Labute approximate surface area is 28.8 Å². The molecule has 0 aromatic carbocycles. The predicted molar refractivity (Wildman–Crippen MR) is 22.3 cm³/mol. The fourth-order valence-electron chi connectivity index (χ4n) is 0. The summed E-state index contributed by atoms with van der Waals surface area (Å²) in [6.07, 6.45) is 0. The highest BCUT2D eigenvalue weighted by molar-refractivity contribution is 4.26. The average Bonchev–Trinajstić information content (AvgIpc) is 1.37. The van der Waals surface area contributed by atoms with Gasteiger partial charge in [-0.15, -0.1) is 0 Å². The minimum atomic E-state index is 0. The van der Waals surface area contributed by atoms with Crippen LogP contribution in [0.15, 0.2) is 0 Å². The van der Waals surface area contributed by atoms with E-state index in [9.17, 15) is 0 Å². The topological polar surface area (TPSA) is 52.0 Å². The van der Waals surface area contributed by atoms with Crippen LogP contribution >= 0.6 is 0 Å². The van der Waals surface area contributed by atoms with E-state index in [1.54, 1.807) is 0 Å². The van der Waals surface area contributed by atoms with Crippen molar-refractivity contribution in [2.75, 3.05) is 13.1 Å². The molecule has 0 atom stereocenters. The van der Waals surface area contributed by atoms with Crippen LogP contribution in [0.3, 0.4) is 0 Å². The first-order chi connectivity index (χ1) is 1.91. The minimum Gasteiger partial charge on any atom is -0.329 e. The van der Waals surface area contributed by atoms with Crippen LogP contribution in [0.4, 0.5) is 0 Å². The van der Waals surface area contributed by atoms with Gasteiger partial charge in [0.15, 0.2) is 0 Å². The molecule has 0 aliphatic rings. The second kappa shape index (κ2) is 2.92. The monoisotopic (exact) mass is 64.1 g/mol. The molecule has 0 heterocycles. The Hall–Kier alpha value is -0.0800. The highest BCUT2D eigenvalue weighted by atomic mass is 14.6. The average molecular weight is 64.1 g/mol. The zero-order valence-corrected chi connectivity index (χ0v) is 2.57. The van der Waals surface area contributed by atoms with Crippen molar-refractivity contribution in [3.05, 3.63) is 0 Å². The van der Waals surface area contributed by atoms with Crippen LogP contribution < -0.4 is 11.5 Å². The van der Waals surface area contributed by atoms with E-state index in [0.717, 1.165) is 0 Å². The molecule has 0 rings (SSSR count). The Morgan fingerprint density at radius 2 is 1.50 bits per heavy atom. The highest BCUT2D eigenvalue weighted by Gasteiger charge is 1.54. The van der Waals surface area contributed by atoms with Crippen LogP contribution in [-0.4, -0.2) is 13.1 Å². The molecule has 0 radical (unpaired) electrons. The van der Waals surface area contributed by atoms with E-state index < -0.39 is 0 Å². The third kappa shape index (κ3) is 1.92. The molecule has 4 heavy (non-hydrogen) atoms. The normalized spacial score (nSPS) is 7.50. The summed E-state index contributed by atoms with van der Waals surface area (Å²) in [6, 6.07) is 0. The Morgan fingerprint density at radius 1 is 1.25 bits per heavy atom. The molecule has 0 aliphatic carbocycles. The number of nitrogens with two attached hydrogens (primary N) is 2. The van der Waals surface area contributed by atoms with Crippen LogP contribution in [0.1, 0.15) is 2.85 Å². The molecular weight excluding hydrogens is 52.0 g/mol. The Kier molecular flexibility index (Phi) is 2.86. The second-order valence-electron chi connectivity index (χ2n) is 0.577. The molecule has 30 valence electrons. The lowest BCUT2D eigenvalue weighted by atomic mass is 10.7. The summed E-state index contributed by atoms with van der Waals surface area (Å²) in [6.45, 7) is 1.19. The molecule has 2 nitrogen and oxygen atoms in total. The molecule has 0 fully saturated rings. The first-order valence-corrected chi connectivity index (χ1v) is 1.32. The number of rotatable bonds is 1. The van der Waals surface area contributed by atoms with Crippen molar-refractivity contribution in [2.24, 2.45) is 11.5 Å². The molecule has 0 saturated carbocycles. The molecule has 0 saturated heterocycles. The standard InChI is InChI=1S/C2H8N2.2H2/c3-1-2-4;;/h1-4H2;2*1H. The molecular formula is C2H12N2. The van der Waals surface area contributed by atoms with Gasteiger partial charge in [0.05, 0.1) is 0 Å². The van der Waals surface area contributed by atoms with Crippen LogP contribution in [0.2, 0.25) is 0 Å². The lowest BCUT2D eigenvalue weighted by molar-refractivity contribution is 0.976. The van der Waals surface area contributed by atoms with Gasteiger partial charge in [-0.1, -0.05) is 0 Å². The van der Waals surface area contributed by atoms with Gasteiger partial charge in [-0.2, -0.15) is 0 Å². The van der Waals surface area contributed by atoms with E-state index in [0.29, 0.717) is 13.1 Å². The molecule has 0 spiro atoms. The first-order valence-electron chi connectivity index (χ1n) is 1.32. The van der Waals surface area contributed by atoms with Gasteiger partial charge in [0.25, 0.3) is 0 Å². The largest absolute Gasteiger partial charge is 0.329 e. The van der Waals surface area contributed by atoms with Gasteiger partial charge in [-0.25, -0.2) is 0 Å². The molecule has 0 aliphatic heterocycles. The summed E-state index contributed by atoms with van der Waals surface area (Å²) in [5, 5.41) is 0. The number of hydrogen-bond acceptors (Lipinski definition) is 2. The summed E-state index contributed by atoms with van der Waals surface area (Å²) >= 11 is 0. The van der Waals surface area contributed by atoms with Gasteiger partial charge < -0.3 is 11.5 Å². The van der Waals surface area contributed by atoms with Crippen molar-refractivity contribution in [1.82, 2.24) is 0 Å². The summed E-state index contributed by atoms with van der Waals surface area (Å²) in [5.74, 6) is 0. The first kappa shape index (κ1) is 3.92. The Bertz CT molecular complexity index is 11.5. The van der Waals surface area contributed by atoms with Crippen LogP contribution in [0, 0.1) is 0 Å². The van der Waals surface area contributed by atoms with Gasteiger partial charge in [0.2, 0.25) is 0 Å². The lowest BCUT2D eigenvalue weighted by Crippen LogP contribution is -2.11. The van der Waals surface area contributed by atoms with Gasteiger partial charge in [-0.3, -0.25) is 0 Å². The smallest absolute Gasteiger partial charge is 0.00461 e. The maximum Gasteiger partial charge on any atom is 0.00461 e.